The maximum atomic E-state index is 12.8. The molecule has 0 heterocycles. The maximum absolute atomic E-state index is 12.8. The Hall–Kier alpha value is -2.59. The summed E-state index contributed by atoms with van der Waals surface area (Å²) in [6, 6.07) is 12.4. The molecule has 0 amide bonds. The predicted octanol–water partition coefficient (Wildman–Crippen LogP) is 4.41. The zero-order chi connectivity index (χ0) is 18.4. The lowest BCUT2D eigenvalue weighted by molar-refractivity contribution is -0.138. The number of anilines is 1. The largest absolute Gasteiger partial charge is 0.460 e. The van der Waals surface area contributed by atoms with Crippen molar-refractivity contribution in [2.45, 2.75) is 13.8 Å². The topological polar surface area (TPSA) is 55.4 Å². The van der Waals surface area contributed by atoms with Crippen LogP contribution < -0.4 is 5.32 Å². The molecule has 2 aromatic rings. The fourth-order valence-corrected chi connectivity index (χ4v) is 2.34. The lowest BCUT2D eigenvalue weighted by Crippen LogP contribution is -2.16. The number of carbonyl (C=O) groups is 2. The second-order valence-electron chi connectivity index (χ2n) is 5.73. The number of nitrogens with one attached hydrogen (secondary N) is 1. The molecule has 0 bridgehead atoms. The van der Waals surface area contributed by atoms with E-state index < -0.39 is 5.97 Å². The van der Waals surface area contributed by atoms with Gasteiger partial charge in [0.2, 0.25) is 0 Å². The zero-order valence-electron chi connectivity index (χ0n) is 14.3. The van der Waals surface area contributed by atoms with E-state index in [1.165, 1.54) is 0 Å². The van der Waals surface area contributed by atoms with E-state index in [1.807, 2.05) is 19.1 Å². The molecule has 25 heavy (non-hydrogen) atoms. The van der Waals surface area contributed by atoms with Crippen LogP contribution in [0.4, 0.5) is 5.69 Å². The number of halogens is 1. The average Bonchev–Trinajstić information content (AvgIpc) is 2.59. The fraction of sp³-hybridized carbons (Fsp3) is 0.200. The highest BCUT2D eigenvalue weighted by Crippen LogP contribution is 2.23. The molecular formula is C20H20ClNO3. The van der Waals surface area contributed by atoms with Crippen LogP contribution >= 0.6 is 11.6 Å². The summed E-state index contributed by atoms with van der Waals surface area (Å²) in [4.78, 5) is 24.1. The van der Waals surface area contributed by atoms with E-state index in [4.69, 9.17) is 16.3 Å². The van der Waals surface area contributed by atoms with Crippen molar-refractivity contribution in [1.29, 1.82) is 0 Å². The van der Waals surface area contributed by atoms with Crippen LogP contribution in [0.5, 0.6) is 0 Å². The average molecular weight is 358 g/mol. The molecule has 0 aliphatic carbocycles. The minimum absolute atomic E-state index is 0.121. The molecule has 0 atom stereocenters. The Kier molecular flexibility index (Phi) is 6.37. The first kappa shape index (κ1) is 18.7. The molecule has 5 heteroatoms. The van der Waals surface area contributed by atoms with Gasteiger partial charge in [0.15, 0.2) is 5.78 Å². The van der Waals surface area contributed by atoms with Gasteiger partial charge < -0.3 is 10.1 Å². The first-order valence-corrected chi connectivity index (χ1v) is 8.23. The molecule has 130 valence electrons. The van der Waals surface area contributed by atoms with Crippen molar-refractivity contribution in [3.05, 3.63) is 76.3 Å². The molecule has 0 radical (unpaired) electrons. The number of ether oxygens (including phenoxy) is 1. The monoisotopic (exact) mass is 357 g/mol. The van der Waals surface area contributed by atoms with Gasteiger partial charge >= 0.3 is 5.97 Å². The Morgan fingerprint density at radius 3 is 2.48 bits per heavy atom. The molecule has 2 rings (SSSR count). The Morgan fingerprint density at radius 1 is 1.16 bits per heavy atom. The second kappa shape index (κ2) is 8.49. The van der Waals surface area contributed by atoms with Gasteiger partial charge in [-0.2, -0.15) is 0 Å². The zero-order valence-corrected chi connectivity index (χ0v) is 15.0. The summed E-state index contributed by atoms with van der Waals surface area (Å²) in [5, 5.41) is 3.59. The molecule has 0 saturated carbocycles. The van der Waals surface area contributed by atoms with Crippen LogP contribution in [-0.2, 0) is 9.53 Å². The molecular weight excluding hydrogens is 338 g/mol. The van der Waals surface area contributed by atoms with Crippen LogP contribution in [0.25, 0.3) is 0 Å². The normalized spacial score (nSPS) is 10.2. The summed E-state index contributed by atoms with van der Waals surface area (Å²) >= 11 is 6.05. The molecule has 0 saturated heterocycles. The van der Waals surface area contributed by atoms with Gasteiger partial charge in [0, 0.05) is 34.0 Å². The van der Waals surface area contributed by atoms with Gasteiger partial charge in [0.1, 0.15) is 6.61 Å². The number of rotatable bonds is 7. The minimum Gasteiger partial charge on any atom is -0.460 e. The summed E-state index contributed by atoms with van der Waals surface area (Å²) in [5.74, 6) is -0.558. The van der Waals surface area contributed by atoms with Crippen molar-refractivity contribution in [3.8, 4) is 0 Å². The number of hydrogen-bond acceptors (Lipinski definition) is 4. The first-order chi connectivity index (χ1) is 11.9. The summed E-state index contributed by atoms with van der Waals surface area (Å²) in [5.41, 5.74) is 3.13. The summed E-state index contributed by atoms with van der Waals surface area (Å²) in [7, 11) is 0. The summed E-state index contributed by atoms with van der Waals surface area (Å²) in [6.45, 7) is 7.62. The standard InChI is InChI=1S/C20H20ClNO3/c1-13(2)20(24)25-11-10-22-18-9-8-16(21)12-17(18)19(23)15-6-4-14(3)5-7-15/h4-9,12,22H,1,10-11H2,2-3H3. The molecule has 0 fully saturated rings. The molecule has 0 unspecified atom stereocenters. The summed E-state index contributed by atoms with van der Waals surface area (Å²) in [6.07, 6.45) is 0. The van der Waals surface area contributed by atoms with Crippen molar-refractivity contribution in [3.63, 3.8) is 0 Å². The SMILES string of the molecule is C=C(C)C(=O)OCCNc1ccc(Cl)cc1C(=O)c1ccc(C)cc1. The highest BCUT2D eigenvalue weighted by molar-refractivity contribution is 6.31. The minimum atomic E-state index is -0.436. The maximum Gasteiger partial charge on any atom is 0.333 e. The van der Waals surface area contributed by atoms with Gasteiger partial charge in [-0.3, -0.25) is 4.79 Å². The Labute approximate surface area is 152 Å². The second-order valence-corrected chi connectivity index (χ2v) is 6.16. The van der Waals surface area contributed by atoms with Crippen molar-refractivity contribution in [1.82, 2.24) is 0 Å². The number of esters is 1. The molecule has 0 aliphatic heterocycles. The van der Waals surface area contributed by atoms with Crippen molar-refractivity contribution in [2.24, 2.45) is 0 Å². The van der Waals surface area contributed by atoms with Gasteiger partial charge in [-0.25, -0.2) is 4.79 Å². The van der Waals surface area contributed by atoms with Gasteiger partial charge in [-0.05, 0) is 32.0 Å². The molecule has 4 nitrogen and oxygen atoms in total. The van der Waals surface area contributed by atoms with Crippen LogP contribution in [0.1, 0.15) is 28.4 Å². The molecule has 0 aromatic heterocycles. The van der Waals surface area contributed by atoms with Gasteiger partial charge in [0.05, 0.1) is 0 Å². The van der Waals surface area contributed by atoms with Crippen LogP contribution in [0.2, 0.25) is 5.02 Å². The highest BCUT2D eigenvalue weighted by atomic mass is 35.5. The van der Waals surface area contributed by atoms with Crippen LogP contribution in [0.3, 0.4) is 0 Å². The van der Waals surface area contributed by atoms with E-state index in [9.17, 15) is 9.59 Å². The number of aryl methyl sites for hydroxylation is 1. The lowest BCUT2D eigenvalue weighted by atomic mass is 10.0. The Bertz CT molecular complexity index is 797. The molecule has 0 aliphatic rings. The number of carbonyl (C=O) groups excluding carboxylic acids is 2. The van der Waals surface area contributed by atoms with Gasteiger partial charge in [-0.1, -0.05) is 48.0 Å². The number of ketones is 1. The lowest BCUT2D eigenvalue weighted by Gasteiger charge is -2.12. The van der Waals surface area contributed by atoms with Crippen LogP contribution in [-0.4, -0.2) is 24.9 Å². The van der Waals surface area contributed by atoms with E-state index in [0.29, 0.717) is 34.0 Å². The highest BCUT2D eigenvalue weighted by Gasteiger charge is 2.14. The third-order valence-corrected chi connectivity index (χ3v) is 3.77. The van der Waals surface area contributed by atoms with Crippen LogP contribution in [0.15, 0.2) is 54.6 Å². The van der Waals surface area contributed by atoms with Crippen molar-refractivity contribution < 1.29 is 14.3 Å². The number of hydrogen-bond donors (Lipinski definition) is 1. The molecule has 2 aromatic carbocycles. The van der Waals surface area contributed by atoms with E-state index >= 15 is 0 Å². The van der Waals surface area contributed by atoms with E-state index in [0.717, 1.165) is 5.56 Å². The third kappa shape index (κ3) is 5.19. The molecule has 1 N–H and O–H groups in total. The summed E-state index contributed by atoms with van der Waals surface area (Å²) < 4.78 is 5.04. The Balaban J connectivity index is 2.11. The Morgan fingerprint density at radius 2 is 1.84 bits per heavy atom. The van der Waals surface area contributed by atoms with E-state index in [2.05, 4.69) is 11.9 Å². The van der Waals surface area contributed by atoms with E-state index in [1.54, 1.807) is 37.3 Å². The van der Waals surface area contributed by atoms with Gasteiger partial charge in [0.25, 0.3) is 0 Å². The van der Waals surface area contributed by atoms with Crippen molar-refractivity contribution in [2.75, 3.05) is 18.5 Å². The third-order valence-electron chi connectivity index (χ3n) is 3.54. The first-order valence-electron chi connectivity index (χ1n) is 7.86. The van der Waals surface area contributed by atoms with Crippen molar-refractivity contribution >= 4 is 29.0 Å². The predicted molar refractivity (Wildman–Crippen MR) is 100 cm³/mol. The van der Waals surface area contributed by atoms with Gasteiger partial charge in [-0.15, -0.1) is 0 Å². The quantitative estimate of drug-likeness (QED) is 0.345. The fourth-order valence-electron chi connectivity index (χ4n) is 2.17. The molecule has 0 spiro atoms. The van der Waals surface area contributed by atoms with E-state index in [-0.39, 0.29) is 12.4 Å². The smallest absolute Gasteiger partial charge is 0.333 e. The number of benzene rings is 2. The van der Waals surface area contributed by atoms with Crippen LogP contribution in [0, 0.1) is 6.92 Å².